The van der Waals surface area contributed by atoms with Crippen LogP contribution < -0.4 is 10.6 Å². The van der Waals surface area contributed by atoms with E-state index >= 15 is 0 Å². The Morgan fingerprint density at radius 2 is 1.12 bits per heavy atom. The average Bonchev–Trinajstić information content (AvgIpc) is 2.15. The summed E-state index contributed by atoms with van der Waals surface area (Å²) in [5.41, 5.74) is 0. The quantitative estimate of drug-likeness (QED) is 0.403. The van der Waals surface area contributed by atoms with Crippen LogP contribution in [0.15, 0.2) is 0 Å². The van der Waals surface area contributed by atoms with E-state index in [1.54, 1.807) is 0 Å². The number of fused-ring (bicyclic) bond motifs is 1. The zero-order chi connectivity index (χ0) is 5.40. The van der Waals surface area contributed by atoms with E-state index in [-0.39, 0.29) is 0 Å². The average molecular weight is 114 g/mol. The van der Waals surface area contributed by atoms with Gasteiger partial charge in [0.25, 0.3) is 0 Å². The van der Waals surface area contributed by atoms with Crippen LogP contribution in [-0.2, 0) is 0 Å². The minimum Gasteiger partial charge on any atom is -0.289 e. The van der Waals surface area contributed by atoms with Gasteiger partial charge in [-0.05, 0) is 0 Å². The maximum Gasteiger partial charge on any atom is 0.0649 e. The van der Waals surface area contributed by atoms with E-state index in [0.717, 1.165) is 26.7 Å². The lowest BCUT2D eigenvalue weighted by Gasteiger charge is -2.12. The highest BCUT2D eigenvalue weighted by Gasteiger charge is 2.24. The van der Waals surface area contributed by atoms with E-state index in [2.05, 4.69) is 20.7 Å². The Bertz CT molecular complexity index is 74.0. The molecule has 0 atom stereocenters. The lowest BCUT2D eigenvalue weighted by molar-refractivity contribution is 0.0894. The highest BCUT2D eigenvalue weighted by atomic mass is 15.8. The molecule has 2 rings (SSSR count). The van der Waals surface area contributed by atoms with Crippen molar-refractivity contribution < 1.29 is 0 Å². The second-order valence-corrected chi connectivity index (χ2v) is 2.15. The van der Waals surface area contributed by atoms with Gasteiger partial charge in [0.15, 0.2) is 0 Å². The van der Waals surface area contributed by atoms with Crippen LogP contribution in [-0.4, -0.2) is 36.7 Å². The van der Waals surface area contributed by atoms with Crippen molar-refractivity contribution in [3.05, 3.63) is 0 Å². The second kappa shape index (κ2) is 1.66. The van der Waals surface area contributed by atoms with Gasteiger partial charge in [0.1, 0.15) is 0 Å². The van der Waals surface area contributed by atoms with Gasteiger partial charge in [0, 0.05) is 0 Å². The van der Waals surface area contributed by atoms with Crippen molar-refractivity contribution in [1.29, 1.82) is 0 Å². The molecule has 0 unspecified atom stereocenters. The molecule has 0 aliphatic carbocycles. The van der Waals surface area contributed by atoms with E-state index in [9.17, 15) is 0 Å². The van der Waals surface area contributed by atoms with E-state index in [0.29, 0.717) is 0 Å². The van der Waals surface area contributed by atoms with Gasteiger partial charge in [-0.15, -0.1) is 0 Å². The first-order valence-corrected chi connectivity index (χ1v) is 2.88. The molecule has 0 amide bonds. The molecule has 0 bridgehead atoms. The Labute approximate surface area is 48.4 Å². The molecule has 0 aromatic heterocycles. The van der Waals surface area contributed by atoms with Gasteiger partial charge in [0.05, 0.1) is 26.7 Å². The van der Waals surface area contributed by atoms with Crippen molar-refractivity contribution in [1.82, 2.24) is 20.7 Å². The van der Waals surface area contributed by atoms with Gasteiger partial charge in [-0.2, -0.15) is 0 Å². The molecule has 2 N–H and O–H groups in total. The van der Waals surface area contributed by atoms with Gasteiger partial charge in [-0.1, -0.05) is 0 Å². The summed E-state index contributed by atoms with van der Waals surface area (Å²) in [4.78, 5) is 0. The summed E-state index contributed by atoms with van der Waals surface area (Å²) in [5.74, 6) is 0. The summed E-state index contributed by atoms with van der Waals surface area (Å²) in [5, 5.41) is 11.0. The molecule has 2 aliphatic heterocycles. The van der Waals surface area contributed by atoms with Crippen LogP contribution >= 0.6 is 0 Å². The van der Waals surface area contributed by atoms with Crippen molar-refractivity contribution in [3.8, 4) is 0 Å². The summed E-state index contributed by atoms with van der Waals surface area (Å²) in [6.07, 6.45) is 0. The van der Waals surface area contributed by atoms with Crippen LogP contribution in [0, 0.1) is 0 Å². The maximum absolute atomic E-state index is 3.24. The molecule has 46 valence electrons. The molecule has 8 heavy (non-hydrogen) atoms. The van der Waals surface area contributed by atoms with E-state index in [1.165, 1.54) is 0 Å². The topological polar surface area (TPSA) is 30.5 Å². The molecular weight excluding hydrogens is 104 g/mol. The van der Waals surface area contributed by atoms with Crippen LogP contribution in [0.4, 0.5) is 0 Å². The SMILES string of the molecule is C1NCN2CNCN12. The first-order valence-electron chi connectivity index (χ1n) is 2.88. The number of hydrogen-bond acceptors (Lipinski definition) is 4. The second-order valence-electron chi connectivity index (χ2n) is 2.15. The molecule has 4 nitrogen and oxygen atoms in total. The predicted octanol–water partition coefficient (Wildman–Crippen LogP) is -1.46. The fraction of sp³-hybridized carbons (Fsp3) is 1.00. The van der Waals surface area contributed by atoms with Gasteiger partial charge < -0.3 is 0 Å². The molecule has 4 heteroatoms. The smallest absolute Gasteiger partial charge is 0.0649 e. The molecule has 2 aliphatic rings. The van der Waals surface area contributed by atoms with Crippen molar-refractivity contribution in [2.45, 2.75) is 0 Å². The van der Waals surface area contributed by atoms with Gasteiger partial charge in [-0.25, -0.2) is 10.0 Å². The molecule has 0 spiro atoms. The Morgan fingerprint density at radius 1 is 0.750 bits per heavy atom. The first-order chi connectivity index (χ1) is 3.97. The monoisotopic (exact) mass is 114 g/mol. The summed E-state index contributed by atoms with van der Waals surface area (Å²) < 4.78 is 0. The lowest BCUT2D eigenvalue weighted by Crippen LogP contribution is -2.28. The van der Waals surface area contributed by atoms with E-state index in [1.807, 2.05) is 0 Å². The highest BCUT2D eigenvalue weighted by molar-refractivity contribution is 4.66. The van der Waals surface area contributed by atoms with Gasteiger partial charge in [0.2, 0.25) is 0 Å². The zero-order valence-corrected chi connectivity index (χ0v) is 4.72. The van der Waals surface area contributed by atoms with Crippen LogP contribution in [0.3, 0.4) is 0 Å². The van der Waals surface area contributed by atoms with E-state index in [4.69, 9.17) is 0 Å². The van der Waals surface area contributed by atoms with Crippen molar-refractivity contribution in [3.63, 3.8) is 0 Å². The molecular formula is C4H10N4. The maximum atomic E-state index is 3.24. The Hall–Kier alpha value is -0.160. The normalized spacial score (nSPS) is 31.5. The lowest BCUT2D eigenvalue weighted by atomic mass is 10.9. The molecule has 0 aromatic rings. The van der Waals surface area contributed by atoms with Crippen LogP contribution in [0.2, 0.25) is 0 Å². The molecule has 0 aromatic carbocycles. The summed E-state index contributed by atoms with van der Waals surface area (Å²) in [7, 11) is 0. The number of hydrazine groups is 1. The Balaban J connectivity index is 2.04. The van der Waals surface area contributed by atoms with Crippen LogP contribution in [0.25, 0.3) is 0 Å². The summed E-state index contributed by atoms with van der Waals surface area (Å²) in [6.45, 7) is 4.03. The molecule has 2 saturated heterocycles. The molecule has 2 fully saturated rings. The predicted molar refractivity (Wildman–Crippen MR) is 29.4 cm³/mol. The van der Waals surface area contributed by atoms with Crippen molar-refractivity contribution in [2.75, 3.05) is 26.7 Å². The number of hydrogen-bond donors (Lipinski definition) is 2. The minimum absolute atomic E-state index is 1.01. The van der Waals surface area contributed by atoms with Gasteiger partial charge in [-0.3, -0.25) is 10.6 Å². The fourth-order valence-electron chi connectivity index (χ4n) is 1.13. The fourth-order valence-corrected chi connectivity index (χ4v) is 1.13. The number of nitrogens with one attached hydrogen (secondary N) is 2. The molecule has 0 saturated carbocycles. The number of rotatable bonds is 0. The Kier molecular flexibility index (Phi) is 0.976. The number of nitrogens with zero attached hydrogens (tertiary/aromatic N) is 2. The zero-order valence-electron chi connectivity index (χ0n) is 4.72. The van der Waals surface area contributed by atoms with Gasteiger partial charge >= 0.3 is 0 Å². The highest BCUT2D eigenvalue weighted by Crippen LogP contribution is 2.03. The largest absolute Gasteiger partial charge is 0.289 e. The van der Waals surface area contributed by atoms with Crippen molar-refractivity contribution in [2.24, 2.45) is 0 Å². The molecule has 0 radical (unpaired) electrons. The minimum atomic E-state index is 1.01. The van der Waals surface area contributed by atoms with Crippen molar-refractivity contribution >= 4 is 0 Å². The van der Waals surface area contributed by atoms with Crippen LogP contribution in [0.5, 0.6) is 0 Å². The summed E-state index contributed by atoms with van der Waals surface area (Å²) in [6, 6.07) is 0. The molecule has 2 heterocycles. The van der Waals surface area contributed by atoms with Crippen LogP contribution in [0.1, 0.15) is 0 Å². The third-order valence-corrected chi connectivity index (χ3v) is 1.58. The third-order valence-electron chi connectivity index (χ3n) is 1.58. The summed E-state index contributed by atoms with van der Waals surface area (Å²) >= 11 is 0. The standard InChI is InChI=1S/C4H10N4/c1-5-2-8-4-6-3-7(1)8/h5-6H,1-4H2. The Morgan fingerprint density at radius 3 is 1.50 bits per heavy atom. The van der Waals surface area contributed by atoms with E-state index < -0.39 is 0 Å². The first kappa shape index (κ1) is 4.69. The third kappa shape index (κ3) is 0.545.